The number of nitrogens with zero attached hydrogens (tertiary/aromatic N) is 1. The van der Waals surface area contributed by atoms with E-state index >= 15 is 0 Å². The summed E-state index contributed by atoms with van der Waals surface area (Å²) in [7, 11) is 0. The predicted octanol–water partition coefficient (Wildman–Crippen LogP) is 2.73. The topological polar surface area (TPSA) is 29.5 Å². The normalized spacial score (nSPS) is 15.0. The largest absolute Gasteiger partial charge is 0.496 e. The fourth-order valence-electron chi connectivity index (χ4n) is 1.76. The average molecular weight is 231 g/mol. The molecule has 0 N–H and O–H groups in total. The number of amides is 1. The Morgan fingerprint density at radius 2 is 2.06 bits per heavy atom. The van der Waals surface area contributed by atoms with Crippen molar-refractivity contribution in [3.8, 4) is 0 Å². The van der Waals surface area contributed by atoms with E-state index < -0.39 is 0 Å². The smallest absolute Gasteiger partial charge is 0.254 e. The zero-order valence-electron chi connectivity index (χ0n) is 10.1. The van der Waals surface area contributed by atoms with Gasteiger partial charge in [0.1, 0.15) is 5.76 Å². The van der Waals surface area contributed by atoms with Crippen molar-refractivity contribution in [3.05, 3.63) is 42.2 Å². The van der Waals surface area contributed by atoms with Gasteiger partial charge in [0, 0.05) is 11.8 Å². The highest BCUT2D eigenvalue weighted by Gasteiger charge is 2.23. The van der Waals surface area contributed by atoms with Crippen LogP contribution < -0.4 is 4.90 Å². The molecule has 0 aliphatic carbocycles. The maximum absolute atomic E-state index is 11.8. The summed E-state index contributed by atoms with van der Waals surface area (Å²) in [5.41, 5.74) is 0.919. The molecule has 1 aliphatic heterocycles. The minimum absolute atomic E-state index is 0.00250. The molecule has 0 aromatic heterocycles. The van der Waals surface area contributed by atoms with Gasteiger partial charge in [0.15, 0.2) is 0 Å². The molecule has 1 aliphatic rings. The Bertz CT molecular complexity index is 411. The number of hydrogen-bond donors (Lipinski definition) is 0. The van der Waals surface area contributed by atoms with E-state index in [4.69, 9.17) is 4.74 Å². The number of para-hydroxylation sites is 1. The average Bonchev–Trinajstić information content (AvgIpc) is 2.72. The Morgan fingerprint density at radius 1 is 1.29 bits per heavy atom. The van der Waals surface area contributed by atoms with E-state index in [1.165, 1.54) is 0 Å². The van der Waals surface area contributed by atoms with E-state index in [0.717, 1.165) is 24.3 Å². The van der Waals surface area contributed by atoms with Gasteiger partial charge < -0.3 is 9.64 Å². The quantitative estimate of drug-likeness (QED) is 0.729. The molecular weight excluding hydrogens is 214 g/mol. The van der Waals surface area contributed by atoms with Gasteiger partial charge in [-0.2, -0.15) is 0 Å². The molecule has 0 radical (unpaired) electrons. The second-order valence-electron chi connectivity index (χ2n) is 4.07. The first-order valence-electron chi connectivity index (χ1n) is 6.01. The standard InChI is InChI=1S/C14H17NO2/c1-2-3-9-17-13-10-14(16)15(11-13)12-7-5-4-6-8-12/h4-8,10H,2-3,9,11H2,1H3. The number of anilines is 1. The van der Waals surface area contributed by atoms with Gasteiger partial charge in [-0.15, -0.1) is 0 Å². The third-order valence-corrected chi connectivity index (χ3v) is 2.72. The van der Waals surface area contributed by atoms with Crippen molar-refractivity contribution in [3.63, 3.8) is 0 Å². The van der Waals surface area contributed by atoms with Crippen LogP contribution in [0.1, 0.15) is 19.8 Å². The number of unbranched alkanes of at least 4 members (excludes halogenated alkanes) is 1. The lowest BCUT2D eigenvalue weighted by Gasteiger charge is -2.16. The summed E-state index contributed by atoms with van der Waals surface area (Å²) in [5, 5.41) is 0. The molecule has 17 heavy (non-hydrogen) atoms. The van der Waals surface area contributed by atoms with Gasteiger partial charge in [-0.25, -0.2) is 0 Å². The third-order valence-electron chi connectivity index (χ3n) is 2.72. The van der Waals surface area contributed by atoms with E-state index in [1.54, 1.807) is 11.0 Å². The minimum Gasteiger partial charge on any atom is -0.496 e. The Morgan fingerprint density at radius 3 is 2.76 bits per heavy atom. The highest BCUT2D eigenvalue weighted by atomic mass is 16.5. The Kier molecular flexibility index (Phi) is 3.81. The molecule has 3 heteroatoms. The Balaban J connectivity index is 1.95. The van der Waals surface area contributed by atoms with Gasteiger partial charge in [-0.3, -0.25) is 4.79 Å². The number of ether oxygens (including phenoxy) is 1. The van der Waals surface area contributed by atoms with Gasteiger partial charge in [0.25, 0.3) is 5.91 Å². The maximum atomic E-state index is 11.8. The minimum atomic E-state index is 0.00250. The van der Waals surface area contributed by atoms with Gasteiger partial charge in [-0.05, 0) is 18.6 Å². The van der Waals surface area contributed by atoms with Gasteiger partial charge in [0.2, 0.25) is 0 Å². The zero-order chi connectivity index (χ0) is 12.1. The summed E-state index contributed by atoms with van der Waals surface area (Å²) in [6, 6.07) is 9.66. The van der Waals surface area contributed by atoms with Gasteiger partial charge in [-0.1, -0.05) is 31.5 Å². The van der Waals surface area contributed by atoms with E-state index in [1.807, 2.05) is 30.3 Å². The van der Waals surface area contributed by atoms with Crippen molar-refractivity contribution >= 4 is 11.6 Å². The first kappa shape index (κ1) is 11.7. The molecule has 0 bridgehead atoms. The predicted molar refractivity (Wildman–Crippen MR) is 67.7 cm³/mol. The molecule has 0 saturated carbocycles. The summed E-state index contributed by atoms with van der Waals surface area (Å²) in [6.07, 6.45) is 3.71. The van der Waals surface area contributed by atoms with Crippen LogP contribution in [-0.2, 0) is 9.53 Å². The SMILES string of the molecule is CCCCOC1=CC(=O)N(c2ccccc2)C1. The lowest BCUT2D eigenvalue weighted by atomic mass is 10.3. The van der Waals surface area contributed by atoms with Crippen LogP contribution in [0.2, 0.25) is 0 Å². The molecule has 0 unspecified atom stereocenters. The van der Waals surface area contributed by atoms with E-state index in [9.17, 15) is 4.79 Å². The molecule has 1 aromatic rings. The summed E-state index contributed by atoms with van der Waals surface area (Å²) in [5.74, 6) is 0.773. The van der Waals surface area contributed by atoms with Crippen molar-refractivity contribution in [1.82, 2.24) is 0 Å². The van der Waals surface area contributed by atoms with Crippen LogP contribution >= 0.6 is 0 Å². The highest BCUT2D eigenvalue weighted by Crippen LogP contribution is 2.21. The molecule has 1 amide bonds. The fourth-order valence-corrected chi connectivity index (χ4v) is 1.76. The van der Waals surface area contributed by atoms with Crippen molar-refractivity contribution < 1.29 is 9.53 Å². The van der Waals surface area contributed by atoms with Crippen LogP contribution in [0.5, 0.6) is 0 Å². The van der Waals surface area contributed by atoms with Gasteiger partial charge >= 0.3 is 0 Å². The number of benzene rings is 1. The molecule has 0 atom stereocenters. The summed E-state index contributed by atoms with van der Waals surface area (Å²) in [4.78, 5) is 13.5. The number of carbonyl (C=O) groups is 1. The van der Waals surface area contributed by atoms with Crippen molar-refractivity contribution in [2.75, 3.05) is 18.1 Å². The zero-order valence-corrected chi connectivity index (χ0v) is 10.1. The molecule has 90 valence electrons. The molecule has 0 spiro atoms. The van der Waals surface area contributed by atoms with Crippen molar-refractivity contribution in [2.24, 2.45) is 0 Å². The second-order valence-corrected chi connectivity index (χ2v) is 4.07. The summed E-state index contributed by atoms with van der Waals surface area (Å²) >= 11 is 0. The Hall–Kier alpha value is -1.77. The summed E-state index contributed by atoms with van der Waals surface area (Å²) < 4.78 is 5.56. The van der Waals surface area contributed by atoms with Crippen LogP contribution in [0.3, 0.4) is 0 Å². The van der Waals surface area contributed by atoms with Crippen LogP contribution in [0, 0.1) is 0 Å². The van der Waals surface area contributed by atoms with E-state index in [2.05, 4.69) is 6.92 Å². The van der Waals surface area contributed by atoms with Crippen LogP contribution in [-0.4, -0.2) is 19.1 Å². The molecular formula is C14H17NO2. The molecule has 2 rings (SSSR count). The van der Waals surface area contributed by atoms with Crippen molar-refractivity contribution in [2.45, 2.75) is 19.8 Å². The van der Waals surface area contributed by atoms with E-state index in [0.29, 0.717) is 13.2 Å². The Labute approximate surface area is 102 Å². The van der Waals surface area contributed by atoms with Crippen LogP contribution in [0.25, 0.3) is 0 Å². The maximum Gasteiger partial charge on any atom is 0.254 e. The third kappa shape index (κ3) is 2.87. The summed E-state index contributed by atoms with van der Waals surface area (Å²) in [6.45, 7) is 3.36. The van der Waals surface area contributed by atoms with Gasteiger partial charge in [0.05, 0.1) is 13.2 Å². The first-order valence-corrected chi connectivity index (χ1v) is 6.01. The van der Waals surface area contributed by atoms with Crippen molar-refractivity contribution in [1.29, 1.82) is 0 Å². The second kappa shape index (κ2) is 5.53. The first-order chi connectivity index (χ1) is 8.31. The molecule has 1 heterocycles. The van der Waals surface area contributed by atoms with E-state index in [-0.39, 0.29) is 5.91 Å². The molecule has 0 saturated heterocycles. The van der Waals surface area contributed by atoms with Crippen LogP contribution in [0.4, 0.5) is 5.69 Å². The number of rotatable bonds is 5. The molecule has 0 fully saturated rings. The number of carbonyl (C=O) groups excluding carboxylic acids is 1. The lowest BCUT2D eigenvalue weighted by Crippen LogP contribution is -2.25. The number of hydrogen-bond acceptors (Lipinski definition) is 2. The highest BCUT2D eigenvalue weighted by molar-refractivity contribution is 6.04. The van der Waals surface area contributed by atoms with Crippen LogP contribution in [0.15, 0.2) is 42.2 Å². The molecule has 3 nitrogen and oxygen atoms in total. The lowest BCUT2D eigenvalue weighted by molar-refractivity contribution is -0.113. The fraction of sp³-hybridized carbons (Fsp3) is 0.357. The molecule has 1 aromatic carbocycles. The monoisotopic (exact) mass is 231 g/mol.